The molecule has 0 unspecified atom stereocenters. The average Bonchev–Trinajstić information content (AvgIpc) is 2.52. The summed E-state index contributed by atoms with van der Waals surface area (Å²) in [6.45, 7) is 0. The first-order chi connectivity index (χ1) is 9.77. The van der Waals surface area contributed by atoms with Crippen molar-refractivity contribution in [2.24, 2.45) is 0 Å². The number of rotatable bonds is 2. The fourth-order valence-electron chi connectivity index (χ4n) is 1.85. The van der Waals surface area contributed by atoms with Gasteiger partial charge in [0.1, 0.15) is 11.4 Å². The van der Waals surface area contributed by atoms with Crippen LogP contribution in [0.1, 0.15) is 0 Å². The van der Waals surface area contributed by atoms with Gasteiger partial charge in [-0.25, -0.2) is 0 Å². The van der Waals surface area contributed by atoms with Crippen LogP contribution in [-0.2, 0) is 0 Å². The fourth-order valence-corrected chi connectivity index (χ4v) is 1.85. The molecule has 0 aliphatic rings. The molecule has 3 rings (SSSR count). The predicted octanol–water partition coefficient (Wildman–Crippen LogP) is 1.76. The van der Waals surface area contributed by atoms with E-state index < -0.39 is 0 Å². The van der Waals surface area contributed by atoms with Gasteiger partial charge in [0.2, 0.25) is 0 Å². The molecule has 0 saturated carbocycles. The molecule has 0 atom stereocenters. The van der Waals surface area contributed by atoms with Crippen LogP contribution in [0.3, 0.4) is 0 Å². The summed E-state index contributed by atoms with van der Waals surface area (Å²) in [6, 6.07) is 11.0. The third-order valence-electron chi connectivity index (χ3n) is 2.87. The average molecular weight is 264 g/mol. The molecule has 0 aliphatic carbocycles. The van der Waals surface area contributed by atoms with E-state index in [2.05, 4.69) is 20.2 Å². The lowest BCUT2D eigenvalue weighted by Gasteiger charge is -2.09. The lowest BCUT2D eigenvalue weighted by Crippen LogP contribution is -2.06. The monoisotopic (exact) mass is 264 g/mol. The molecule has 0 aliphatic heterocycles. The Hall–Kier alpha value is -3.02. The summed E-state index contributed by atoms with van der Waals surface area (Å²) >= 11 is 0. The van der Waals surface area contributed by atoms with Crippen molar-refractivity contribution in [1.82, 2.24) is 20.2 Å². The highest BCUT2D eigenvalue weighted by Crippen LogP contribution is 2.31. The van der Waals surface area contributed by atoms with Gasteiger partial charge >= 0.3 is 0 Å². The van der Waals surface area contributed by atoms with Crippen molar-refractivity contribution in [3.05, 3.63) is 48.8 Å². The number of aromatic nitrogens is 4. The minimum absolute atomic E-state index is 0.361. The fraction of sp³-hybridized carbons (Fsp3) is 0. The third kappa shape index (κ3) is 2.03. The van der Waals surface area contributed by atoms with E-state index in [-0.39, 0.29) is 0 Å². The molecular weight excluding hydrogens is 252 g/mol. The smallest absolute Gasteiger partial charge is 0.136 e. The normalized spacial score (nSPS) is 10.4. The first kappa shape index (κ1) is 12.0. The summed E-state index contributed by atoms with van der Waals surface area (Å²) in [5.41, 5.74) is 15.1. The predicted molar refractivity (Wildman–Crippen MR) is 77.3 cm³/mol. The zero-order valence-corrected chi connectivity index (χ0v) is 10.6. The molecular formula is C14H12N6. The van der Waals surface area contributed by atoms with Crippen LogP contribution in [0.25, 0.3) is 22.8 Å². The molecule has 98 valence electrons. The highest BCUT2D eigenvalue weighted by molar-refractivity contribution is 5.87. The molecule has 3 heterocycles. The van der Waals surface area contributed by atoms with Crippen molar-refractivity contribution in [2.75, 3.05) is 11.5 Å². The molecule has 0 amide bonds. The summed E-state index contributed by atoms with van der Waals surface area (Å²) in [5, 5.41) is 8.26. The van der Waals surface area contributed by atoms with Crippen molar-refractivity contribution in [2.45, 2.75) is 0 Å². The molecule has 0 radical (unpaired) electrons. The van der Waals surface area contributed by atoms with Gasteiger partial charge in [-0.3, -0.25) is 9.97 Å². The van der Waals surface area contributed by atoms with Gasteiger partial charge in [-0.2, -0.15) is 0 Å². The minimum Gasteiger partial charge on any atom is -0.395 e. The van der Waals surface area contributed by atoms with E-state index in [0.717, 1.165) is 0 Å². The molecule has 0 saturated heterocycles. The van der Waals surface area contributed by atoms with Gasteiger partial charge in [-0.05, 0) is 24.3 Å². The Morgan fingerprint density at radius 3 is 1.45 bits per heavy atom. The molecule has 0 fully saturated rings. The quantitative estimate of drug-likeness (QED) is 0.731. The van der Waals surface area contributed by atoms with E-state index in [1.165, 1.54) is 0 Å². The molecule has 3 aromatic rings. The SMILES string of the molecule is Nc1c(-c2ccccn2)nnc(-c2ccccn2)c1N. The zero-order chi connectivity index (χ0) is 13.9. The summed E-state index contributed by atoms with van der Waals surface area (Å²) in [7, 11) is 0. The van der Waals surface area contributed by atoms with Gasteiger partial charge in [0.25, 0.3) is 0 Å². The molecule has 4 N–H and O–H groups in total. The molecule has 0 spiro atoms. The van der Waals surface area contributed by atoms with Crippen molar-refractivity contribution in [1.29, 1.82) is 0 Å². The van der Waals surface area contributed by atoms with Gasteiger partial charge in [0.05, 0.1) is 22.8 Å². The topological polar surface area (TPSA) is 104 Å². The maximum atomic E-state index is 6.06. The van der Waals surface area contributed by atoms with Crippen LogP contribution in [0, 0.1) is 0 Å². The molecule has 20 heavy (non-hydrogen) atoms. The van der Waals surface area contributed by atoms with Crippen LogP contribution in [-0.4, -0.2) is 20.2 Å². The van der Waals surface area contributed by atoms with Gasteiger partial charge in [-0.15, -0.1) is 10.2 Å². The number of nitrogens with two attached hydrogens (primary N) is 2. The van der Waals surface area contributed by atoms with Crippen molar-refractivity contribution < 1.29 is 0 Å². The van der Waals surface area contributed by atoms with E-state index in [9.17, 15) is 0 Å². The number of nitrogen functional groups attached to an aromatic ring is 2. The lowest BCUT2D eigenvalue weighted by molar-refractivity contribution is 1.03. The third-order valence-corrected chi connectivity index (χ3v) is 2.87. The van der Waals surface area contributed by atoms with Crippen LogP contribution in [0.15, 0.2) is 48.8 Å². The first-order valence-electron chi connectivity index (χ1n) is 6.02. The highest BCUT2D eigenvalue weighted by Gasteiger charge is 2.15. The van der Waals surface area contributed by atoms with Crippen LogP contribution >= 0.6 is 0 Å². The second kappa shape index (κ2) is 4.93. The summed E-state index contributed by atoms with van der Waals surface area (Å²) in [5.74, 6) is 0. The molecule has 0 aromatic carbocycles. The van der Waals surface area contributed by atoms with Crippen LogP contribution < -0.4 is 11.5 Å². The second-order valence-electron chi connectivity index (χ2n) is 4.15. The van der Waals surface area contributed by atoms with Crippen molar-refractivity contribution >= 4 is 11.4 Å². The van der Waals surface area contributed by atoms with Crippen molar-refractivity contribution in [3.63, 3.8) is 0 Å². The molecule has 3 aromatic heterocycles. The van der Waals surface area contributed by atoms with Crippen molar-refractivity contribution in [3.8, 4) is 22.8 Å². The zero-order valence-electron chi connectivity index (χ0n) is 10.6. The summed E-state index contributed by atoms with van der Waals surface area (Å²) < 4.78 is 0. The maximum absolute atomic E-state index is 6.06. The highest BCUT2D eigenvalue weighted by atomic mass is 15.1. The van der Waals surface area contributed by atoms with Gasteiger partial charge in [-0.1, -0.05) is 12.1 Å². The Morgan fingerprint density at radius 1 is 0.650 bits per heavy atom. The second-order valence-corrected chi connectivity index (χ2v) is 4.15. The van der Waals surface area contributed by atoms with E-state index in [1.54, 1.807) is 24.5 Å². The Labute approximate surface area is 115 Å². The number of nitrogens with zero attached hydrogens (tertiary/aromatic N) is 4. The van der Waals surface area contributed by atoms with E-state index in [4.69, 9.17) is 11.5 Å². The molecule has 0 bridgehead atoms. The number of pyridine rings is 2. The van der Waals surface area contributed by atoms with E-state index in [0.29, 0.717) is 34.2 Å². The van der Waals surface area contributed by atoms with Crippen LogP contribution in [0.4, 0.5) is 11.4 Å². The maximum Gasteiger partial charge on any atom is 0.136 e. The number of hydrogen-bond donors (Lipinski definition) is 2. The lowest BCUT2D eigenvalue weighted by atomic mass is 10.1. The van der Waals surface area contributed by atoms with Gasteiger partial charge in [0.15, 0.2) is 0 Å². The Bertz CT molecular complexity index is 663. The Kier molecular flexibility index (Phi) is 2.96. The van der Waals surface area contributed by atoms with Gasteiger partial charge < -0.3 is 11.5 Å². The number of anilines is 2. The standard InChI is InChI=1S/C14H12N6/c15-11-12(16)14(10-6-2-4-8-18-10)20-19-13(11)9-5-1-3-7-17-9/h1-8H,(H2,16,19)(H2,15,20). The number of hydrogen-bond acceptors (Lipinski definition) is 6. The van der Waals surface area contributed by atoms with E-state index >= 15 is 0 Å². The minimum atomic E-state index is 0.361. The van der Waals surface area contributed by atoms with Gasteiger partial charge in [0, 0.05) is 12.4 Å². The first-order valence-corrected chi connectivity index (χ1v) is 6.02. The summed E-state index contributed by atoms with van der Waals surface area (Å²) in [6.07, 6.45) is 3.33. The molecule has 6 heteroatoms. The molecule has 6 nitrogen and oxygen atoms in total. The van der Waals surface area contributed by atoms with E-state index in [1.807, 2.05) is 24.3 Å². The Balaban J connectivity index is 2.13. The van der Waals surface area contributed by atoms with Crippen LogP contribution in [0.5, 0.6) is 0 Å². The summed E-state index contributed by atoms with van der Waals surface area (Å²) in [4.78, 5) is 8.40. The van der Waals surface area contributed by atoms with Crippen LogP contribution in [0.2, 0.25) is 0 Å². The Morgan fingerprint density at radius 2 is 1.10 bits per heavy atom. The largest absolute Gasteiger partial charge is 0.395 e.